The Morgan fingerprint density at radius 3 is 2.00 bits per heavy atom. The predicted molar refractivity (Wildman–Crippen MR) is 305 cm³/mol. The fourth-order valence-corrected chi connectivity index (χ4v) is 19.1. The molecule has 0 nitrogen and oxygen atoms in total. The molecule has 3 fully saturated rings. The molecule has 364 valence electrons. The van der Waals surface area contributed by atoms with Crippen LogP contribution in [0.3, 0.4) is 0 Å². The summed E-state index contributed by atoms with van der Waals surface area (Å²) in [4.78, 5) is 0. The Balaban J connectivity index is 0.669. The van der Waals surface area contributed by atoms with Gasteiger partial charge < -0.3 is 0 Å². The lowest BCUT2D eigenvalue weighted by Crippen LogP contribution is -2.34. The molecule has 9 unspecified atom stereocenters. The normalized spacial score (nSPS) is 37.0. The third-order valence-corrected chi connectivity index (χ3v) is 21.8. The zero-order valence-electron chi connectivity index (χ0n) is 43.1. The van der Waals surface area contributed by atoms with E-state index in [0.29, 0.717) is 53.3 Å². The quantitative estimate of drug-likeness (QED) is 0.263. The van der Waals surface area contributed by atoms with Crippen LogP contribution in [0.4, 0.5) is 0 Å². The van der Waals surface area contributed by atoms with Crippen LogP contribution in [0.5, 0.6) is 0 Å². The lowest BCUT2D eigenvalue weighted by molar-refractivity contribution is 0.246. The molecule has 1 spiro atoms. The van der Waals surface area contributed by atoms with Gasteiger partial charge in [-0.05, 0) is 243 Å². The highest BCUT2D eigenvalue weighted by Gasteiger charge is 2.64. The van der Waals surface area contributed by atoms with Crippen molar-refractivity contribution >= 4 is 0 Å². The first-order chi connectivity index (χ1) is 36.7. The second-order valence-electron chi connectivity index (χ2n) is 24.7. The van der Waals surface area contributed by atoms with Crippen molar-refractivity contribution in [3.63, 3.8) is 0 Å². The number of fused-ring (bicyclic) bond motifs is 16. The van der Waals surface area contributed by atoms with Gasteiger partial charge in [-0.15, -0.1) is 0 Å². The Bertz CT molecular complexity index is 3470. The van der Waals surface area contributed by atoms with Crippen molar-refractivity contribution in [2.45, 2.75) is 103 Å². The van der Waals surface area contributed by atoms with Crippen molar-refractivity contribution in [2.75, 3.05) is 0 Å². The molecule has 17 rings (SSSR count). The van der Waals surface area contributed by atoms with E-state index in [1.807, 2.05) is 0 Å². The molecule has 0 N–H and O–H groups in total. The topological polar surface area (TPSA) is 0 Å². The first-order valence-corrected chi connectivity index (χ1v) is 29.5. The Morgan fingerprint density at radius 2 is 1.14 bits per heavy atom. The van der Waals surface area contributed by atoms with Gasteiger partial charge in [0.15, 0.2) is 0 Å². The lowest BCUT2D eigenvalue weighted by Gasteiger charge is -2.45. The van der Waals surface area contributed by atoms with Crippen LogP contribution < -0.4 is 0 Å². The van der Waals surface area contributed by atoms with Gasteiger partial charge in [0.2, 0.25) is 0 Å². The first kappa shape index (κ1) is 43.0. The first-order valence-electron chi connectivity index (χ1n) is 29.5. The van der Waals surface area contributed by atoms with Crippen LogP contribution >= 0.6 is 0 Å². The summed E-state index contributed by atoms with van der Waals surface area (Å²) in [5.41, 5.74) is 34.3. The number of hydrogen-bond donors (Lipinski definition) is 0. The Labute approximate surface area is 440 Å². The van der Waals surface area contributed by atoms with Crippen molar-refractivity contribution < 1.29 is 0 Å². The lowest BCUT2D eigenvalue weighted by atomic mass is 9.59. The van der Waals surface area contributed by atoms with E-state index < -0.39 is 0 Å². The molecule has 0 aliphatic heterocycles. The molecular formula is C74H68. The molecule has 3 saturated carbocycles. The van der Waals surface area contributed by atoms with E-state index in [1.54, 1.807) is 106 Å². The zero-order chi connectivity index (χ0) is 48.2. The van der Waals surface area contributed by atoms with Crippen LogP contribution in [-0.4, -0.2) is 0 Å². The number of rotatable bonds is 4. The van der Waals surface area contributed by atoms with E-state index in [-0.39, 0.29) is 5.41 Å². The third kappa shape index (κ3) is 5.87. The second kappa shape index (κ2) is 16.4. The maximum atomic E-state index is 2.73. The molecular weight excluding hydrogens is 889 g/mol. The van der Waals surface area contributed by atoms with Crippen LogP contribution in [0.15, 0.2) is 281 Å². The summed E-state index contributed by atoms with van der Waals surface area (Å²) in [5.74, 6) is 4.74. The molecule has 9 atom stereocenters. The SMILES string of the molecule is C1=CCC2C3=CCCC=C3C3(C4=CCCC5=C4C4C3=CC=CC4C3=C5CCC(C4=CC=C(C5=CC(C6=CC7C8=C(C9=C(C=CCC9)C7C=C6)C(C6C7CC=CC=C7C7=CC=CCC76)CC=C8)=CCC5)CC4)=C3)C2=C1. The largest absolute Gasteiger partial charge is 0.0839 e. The minimum atomic E-state index is -0.0680. The minimum Gasteiger partial charge on any atom is -0.0839 e. The second-order valence-corrected chi connectivity index (χ2v) is 24.7. The smallest absolute Gasteiger partial charge is 0.0639 e. The summed E-state index contributed by atoms with van der Waals surface area (Å²) >= 11 is 0. The van der Waals surface area contributed by atoms with Crippen molar-refractivity contribution in [3.05, 3.63) is 281 Å². The monoisotopic (exact) mass is 957 g/mol. The molecule has 0 saturated heterocycles. The maximum Gasteiger partial charge on any atom is 0.0639 e. The molecule has 0 radical (unpaired) electrons. The highest BCUT2D eigenvalue weighted by molar-refractivity contribution is 5.80. The fourth-order valence-electron chi connectivity index (χ4n) is 19.1. The van der Waals surface area contributed by atoms with Gasteiger partial charge in [0.1, 0.15) is 0 Å². The average molecular weight is 957 g/mol. The molecule has 17 aliphatic rings. The summed E-state index contributed by atoms with van der Waals surface area (Å²) < 4.78 is 0. The third-order valence-electron chi connectivity index (χ3n) is 21.8. The van der Waals surface area contributed by atoms with Crippen molar-refractivity contribution in [1.29, 1.82) is 0 Å². The number of hydrogen-bond acceptors (Lipinski definition) is 0. The maximum absolute atomic E-state index is 2.73. The van der Waals surface area contributed by atoms with Gasteiger partial charge in [-0.1, -0.05) is 164 Å². The van der Waals surface area contributed by atoms with E-state index in [2.05, 4.69) is 164 Å². The molecule has 0 aromatic heterocycles. The molecule has 0 amide bonds. The molecule has 17 aliphatic carbocycles. The zero-order valence-corrected chi connectivity index (χ0v) is 43.1. The van der Waals surface area contributed by atoms with Crippen molar-refractivity contribution in [3.8, 4) is 0 Å². The van der Waals surface area contributed by atoms with Gasteiger partial charge in [0.05, 0.1) is 5.41 Å². The molecule has 0 bridgehead atoms. The van der Waals surface area contributed by atoms with Crippen molar-refractivity contribution in [1.82, 2.24) is 0 Å². The molecule has 0 aromatic carbocycles. The highest BCUT2D eigenvalue weighted by Crippen LogP contribution is 2.75. The van der Waals surface area contributed by atoms with E-state index in [0.717, 1.165) is 32.1 Å². The van der Waals surface area contributed by atoms with Crippen LogP contribution in [-0.2, 0) is 0 Å². The molecule has 0 heterocycles. The summed E-state index contributed by atoms with van der Waals surface area (Å²) in [5, 5.41) is 0. The van der Waals surface area contributed by atoms with Crippen LogP contribution in [0, 0.1) is 58.7 Å². The Kier molecular flexibility index (Phi) is 9.53. The van der Waals surface area contributed by atoms with Gasteiger partial charge in [-0.2, -0.15) is 0 Å². The summed E-state index contributed by atoms with van der Waals surface area (Å²) in [6.45, 7) is 0. The van der Waals surface area contributed by atoms with Crippen LogP contribution in [0.2, 0.25) is 0 Å². The van der Waals surface area contributed by atoms with E-state index in [9.17, 15) is 0 Å². The average Bonchev–Trinajstić information content (AvgIpc) is 4.25. The van der Waals surface area contributed by atoms with Gasteiger partial charge in [-0.3, -0.25) is 0 Å². The van der Waals surface area contributed by atoms with Gasteiger partial charge >= 0.3 is 0 Å². The van der Waals surface area contributed by atoms with Gasteiger partial charge in [0.25, 0.3) is 0 Å². The minimum absolute atomic E-state index is 0.0680. The molecule has 0 aromatic rings. The van der Waals surface area contributed by atoms with E-state index in [1.165, 1.54) is 81.8 Å². The summed E-state index contributed by atoms with van der Waals surface area (Å²) in [7, 11) is 0. The van der Waals surface area contributed by atoms with E-state index >= 15 is 0 Å². The molecule has 74 heavy (non-hydrogen) atoms. The Hall–Kier alpha value is -6.24. The van der Waals surface area contributed by atoms with Crippen LogP contribution in [0.1, 0.15) is 103 Å². The van der Waals surface area contributed by atoms with Gasteiger partial charge in [0, 0.05) is 29.6 Å². The molecule has 0 heteroatoms. The fraction of sp³-hybridized carbons (Fsp3) is 0.351. The Morgan fingerprint density at radius 1 is 0.405 bits per heavy atom. The van der Waals surface area contributed by atoms with Gasteiger partial charge in [-0.25, -0.2) is 0 Å². The van der Waals surface area contributed by atoms with Crippen LogP contribution in [0.25, 0.3) is 0 Å². The van der Waals surface area contributed by atoms with E-state index in [4.69, 9.17) is 0 Å². The highest BCUT2D eigenvalue weighted by atomic mass is 14.7. The van der Waals surface area contributed by atoms with Crippen molar-refractivity contribution in [2.24, 2.45) is 58.7 Å². The summed E-state index contributed by atoms with van der Waals surface area (Å²) in [6, 6.07) is 0. The number of allylic oxidation sites excluding steroid dienone is 48. The standard InChI is InChI=1S/C74H68/c1-4-22-57-50(17-1)51-18-2-5-23-58(51)70(57)63-28-12-25-61-64-43-49(38-39-53(64)52-19-3-6-24-59(52)71(61)63)47-16-11-15-46(41-47)44-33-35-45(36-34-44)48-37-40-54-60-26-13-31-68-72(60)73-62(65(54)42-48)27-14-32-69(73)74(68)66-29-9-7-20-55(66)56-21-8-10-30-67(56)74/h1-5,7,9,12,14,16-19,21,25,27,29-33,35,38-39,41-43,53,55,57-58,62-64,70,73H,6,8,10-11,13,15,20,22-24,26,28,34,36-37,40H2. The summed E-state index contributed by atoms with van der Waals surface area (Å²) in [6.07, 6.45) is 87.2. The predicted octanol–water partition coefficient (Wildman–Crippen LogP) is 18.1.